The van der Waals surface area contributed by atoms with Gasteiger partial charge in [-0.05, 0) is 0 Å². The van der Waals surface area contributed by atoms with Crippen LogP contribution in [0.1, 0.15) is 6.42 Å². The zero-order valence-electron chi connectivity index (χ0n) is 5.17. The summed E-state index contributed by atoms with van der Waals surface area (Å²) in [5.74, 6) is 0. The van der Waals surface area contributed by atoms with Gasteiger partial charge < -0.3 is 4.74 Å². The lowest BCUT2D eigenvalue weighted by Crippen LogP contribution is -1.89. The van der Waals surface area contributed by atoms with E-state index in [0.717, 1.165) is 6.42 Å². The van der Waals surface area contributed by atoms with Crippen LogP contribution in [0.2, 0.25) is 0 Å². The van der Waals surface area contributed by atoms with E-state index in [0.29, 0.717) is 13.2 Å². The number of hydrogen-bond acceptors (Lipinski definition) is 3. The first-order chi connectivity index (χ1) is 4.41. The fourth-order valence-electron chi connectivity index (χ4n) is 0.356. The van der Waals surface area contributed by atoms with Gasteiger partial charge in [0.2, 0.25) is 6.08 Å². The normalized spacial score (nSPS) is 7.56. The fraction of sp³-hybridized carbons (Fsp3) is 0.500. The van der Waals surface area contributed by atoms with Crippen LogP contribution in [0.4, 0.5) is 0 Å². The Balaban J connectivity index is 2.90. The Hall–Kier alpha value is -1.08. The van der Waals surface area contributed by atoms with Crippen molar-refractivity contribution < 1.29 is 9.53 Å². The fourth-order valence-corrected chi connectivity index (χ4v) is 0.356. The molecule has 50 valence electrons. The van der Waals surface area contributed by atoms with E-state index in [-0.39, 0.29) is 0 Å². The van der Waals surface area contributed by atoms with E-state index in [2.05, 4.69) is 11.6 Å². The predicted molar refractivity (Wildman–Crippen MR) is 33.8 cm³/mol. The topological polar surface area (TPSA) is 38.7 Å². The predicted octanol–water partition coefficient (Wildman–Crippen LogP) is 0.872. The van der Waals surface area contributed by atoms with Crippen molar-refractivity contribution in [2.24, 2.45) is 4.99 Å². The molecule has 0 aromatic heterocycles. The number of hydrogen-bond donors (Lipinski definition) is 0. The second kappa shape index (κ2) is 6.92. The standard InChI is InChI=1S/C6H9NO2/c1-2-9-5-3-4-7-6-8/h2H,1,3-5H2. The average Bonchev–Trinajstić information content (AvgIpc) is 1.89. The number of nitrogens with zero attached hydrogens (tertiary/aromatic N) is 1. The molecule has 0 fully saturated rings. The van der Waals surface area contributed by atoms with Crippen molar-refractivity contribution in [3.8, 4) is 0 Å². The van der Waals surface area contributed by atoms with E-state index in [1.807, 2.05) is 0 Å². The molecule has 0 N–H and O–H groups in total. The lowest BCUT2D eigenvalue weighted by atomic mass is 10.5. The number of aliphatic imine (C=N–C) groups is 1. The third-order valence-corrected chi connectivity index (χ3v) is 0.715. The Kier molecular flexibility index (Phi) is 6.09. The lowest BCUT2D eigenvalue weighted by Gasteiger charge is -1.93. The highest BCUT2D eigenvalue weighted by Gasteiger charge is 1.80. The van der Waals surface area contributed by atoms with Gasteiger partial charge in [0, 0.05) is 6.42 Å². The lowest BCUT2D eigenvalue weighted by molar-refractivity contribution is 0.248. The number of carbonyl (C=O) groups excluding carboxylic acids is 1. The first-order valence-electron chi connectivity index (χ1n) is 2.68. The van der Waals surface area contributed by atoms with Crippen molar-refractivity contribution >= 4 is 6.08 Å². The maximum atomic E-state index is 9.48. The molecule has 3 nitrogen and oxygen atoms in total. The summed E-state index contributed by atoms with van der Waals surface area (Å²) in [6.45, 7) is 4.40. The summed E-state index contributed by atoms with van der Waals surface area (Å²) in [6, 6.07) is 0. The van der Waals surface area contributed by atoms with Gasteiger partial charge in [-0.15, -0.1) is 0 Å². The van der Waals surface area contributed by atoms with E-state index in [1.165, 1.54) is 12.3 Å². The van der Waals surface area contributed by atoms with Gasteiger partial charge in [0.05, 0.1) is 19.4 Å². The first kappa shape index (κ1) is 7.92. The van der Waals surface area contributed by atoms with Gasteiger partial charge in [0.15, 0.2) is 0 Å². The average molecular weight is 127 g/mol. The summed E-state index contributed by atoms with van der Waals surface area (Å²) >= 11 is 0. The Morgan fingerprint density at radius 1 is 1.78 bits per heavy atom. The number of ether oxygens (including phenoxy) is 1. The molecular weight excluding hydrogens is 118 g/mol. The highest BCUT2D eigenvalue weighted by Crippen LogP contribution is 1.81. The van der Waals surface area contributed by atoms with E-state index < -0.39 is 0 Å². The van der Waals surface area contributed by atoms with Crippen LogP contribution in [0.15, 0.2) is 17.8 Å². The van der Waals surface area contributed by atoms with Crippen LogP contribution in [0.5, 0.6) is 0 Å². The minimum Gasteiger partial charge on any atom is -0.502 e. The molecule has 0 aromatic carbocycles. The van der Waals surface area contributed by atoms with E-state index in [1.54, 1.807) is 0 Å². The third-order valence-electron chi connectivity index (χ3n) is 0.715. The van der Waals surface area contributed by atoms with Gasteiger partial charge in [0.1, 0.15) is 0 Å². The molecule has 0 spiro atoms. The highest BCUT2D eigenvalue weighted by molar-refractivity contribution is 5.32. The third kappa shape index (κ3) is 6.92. The van der Waals surface area contributed by atoms with Gasteiger partial charge in [0.25, 0.3) is 0 Å². The molecule has 0 radical (unpaired) electrons. The molecule has 3 heteroatoms. The summed E-state index contributed by atoms with van der Waals surface area (Å²) in [5.41, 5.74) is 0. The van der Waals surface area contributed by atoms with Crippen LogP contribution in [0.25, 0.3) is 0 Å². The summed E-state index contributed by atoms with van der Waals surface area (Å²) in [4.78, 5) is 12.8. The Bertz CT molecular complexity index is 116. The first-order valence-corrected chi connectivity index (χ1v) is 2.68. The van der Waals surface area contributed by atoms with Crippen LogP contribution >= 0.6 is 0 Å². The largest absolute Gasteiger partial charge is 0.502 e. The van der Waals surface area contributed by atoms with E-state index >= 15 is 0 Å². The molecule has 0 aliphatic rings. The molecular formula is C6H9NO2. The molecule has 0 unspecified atom stereocenters. The molecule has 0 saturated heterocycles. The van der Waals surface area contributed by atoms with Gasteiger partial charge in [-0.3, -0.25) is 0 Å². The molecule has 0 bridgehead atoms. The molecule has 0 amide bonds. The van der Waals surface area contributed by atoms with Crippen molar-refractivity contribution in [2.75, 3.05) is 13.2 Å². The summed E-state index contributed by atoms with van der Waals surface area (Å²) in [5, 5.41) is 0. The second-order valence-corrected chi connectivity index (χ2v) is 1.36. The zero-order chi connectivity index (χ0) is 6.95. The van der Waals surface area contributed by atoms with Gasteiger partial charge >= 0.3 is 0 Å². The molecule has 0 aliphatic heterocycles. The highest BCUT2D eigenvalue weighted by atomic mass is 16.5. The van der Waals surface area contributed by atoms with Crippen molar-refractivity contribution in [1.29, 1.82) is 0 Å². The maximum absolute atomic E-state index is 9.48. The minimum absolute atomic E-state index is 0.483. The quantitative estimate of drug-likeness (QED) is 0.238. The van der Waals surface area contributed by atoms with Gasteiger partial charge in [-0.25, -0.2) is 9.79 Å². The molecule has 0 heterocycles. The Morgan fingerprint density at radius 3 is 3.11 bits per heavy atom. The van der Waals surface area contributed by atoms with Crippen molar-refractivity contribution in [3.63, 3.8) is 0 Å². The van der Waals surface area contributed by atoms with Crippen LogP contribution in [-0.2, 0) is 9.53 Å². The molecule has 9 heavy (non-hydrogen) atoms. The van der Waals surface area contributed by atoms with E-state index in [4.69, 9.17) is 4.74 Å². The van der Waals surface area contributed by atoms with Crippen LogP contribution in [-0.4, -0.2) is 19.2 Å². The molecule has 0 aromatic rings. The summed E-state index contributed by atoms with van der Waals surface area (Å²) in [7, 11) is 0. The summed E-state index contributed by atoms with van der Waals surface area (Å²) < 4.78 is 4.75. The van der Waals surface area contributed by atoms with Gasteiger partial charge in [-0.1, -0.05) is 6.58 Å². The number of isocyanates is 1. The zero-order valence-corrected chi connectivity index (χ0v) is 5.17. The molecule has 0 aliphatic carbocycles. The van der Waals surface area contributed by atoms with Crippen LogP contribution in [0.3, 0.4) is 0 Å². The SMILES string of the molecule is C=COCCCN=C=O. The molecule has 0 atom stereocenters. The number of rotatable bonds is 5. The van der Waals surface area contributed by atoms with Crippen LogP contribution < -0.4 is 0 Å². The minimum atomic E-state index is 0.483. The Labute approximate surface area is 54.0 Å². The maximum Gasteiger partial charge on any atom is 0.234 e. The van der Waals surface area contributed by atoms with Crippen molar-refractivity contribution in [1.82, 2.24) is 0 Å². The smallest absolute Gasteiger partial charge is 0.234 e. The van der Waals surface area contributed by atoms with Crippen molar-refractivity contribution in [3.05, 3.63) is 12.8 Å². The van der Waals surface area contributed by atoms with Gasteiger partial charge in [-0.2, -0.15) is 0 Å². The summed E-state index contributed by atoms with van der Waals surface area (Å²) in [6.07, 6.45) is 3.54. The second-order valence-electron chi connectivity index (χ2n) is 1.36. The molecule has 0 saturated carbocycles. The van der Waals surface area contributed by atoms with E-state index in [9.17, 15) is 4.79 Å². The van der Waals surface area contributed by atoms with Crippen molar-refractivity contribution in [2.45, 2.75) is 6.42 Å². The monoisotopic (exact) mass is 127 g/mol. The Morgan fingerprint density at radius 2 is 2.56 bits per heavy atom. The molecule has 0 rings (SSSR count). The van der Waals surface area contributed by atoms with Crippen LogP contribution in [0, 0.1) is 0 Å².